The van der Waals surface area contributed by atoms with E-state index >= 15 is 0 Å². The van der Waals surface area contributed by atoms with Gasteiger partial charge in [-0.25, -0.2) is 4.39 Å². The summed E-state index contributed by atoms with van der Waals surface area (Å²) in [5.41, 5.74) is 1.97. The van der Waals surface area contributed by atoms with Gasteiger partial charge in [0, 0.05) is 6.54 Å². The van der Waals surface area contributed by atoms with Crippen LogP contribution in [0.2, 0.25) is 5.02 Å². The summed E-state index contributed by atoms with van der Waals surface area (Å²) in [6.07, 6.45) is 1.58. The molecule has 0 aromatic heterocycles. The Morgan fingerprint density at radius 1 is 1.10 bits per heavy atom. The third-order valence-corrected chi connectivity index (χ3v) is 3.81. The average Bonchev–Trinajstić information content (AvgIpc) is 2.48. The number of aryl methyl sites for hydroxylation is 1. The monoisotopic (exact) mass is 291 g/mol. The molecule has 106 valence electrons. The number of likely N-dealkylation sites (N-methyl/N-ethyl adjacent to an activating group) is 1. The van der Waals surface area contributed by atoms with Gasteiger partial charge >= 0.3 is 0 Å². The molecule has 0 saturated heterocycles. The third-order valence-electron chi connectivity index (χ3n) is 3.52. The molecule has 0 radical (unpaired) electrons. The van der Waals surface area contributed by atoms with E-state index in [2.05, 4.69) is 17.4 Å². The van der Waals surface area contributed by atoms with E-state index in [1.165, 1.54) is 5.56 Å². The summed E-state index contributed by atoms with van der Waals surface area (Å²) in [5.74, 6) is 0.0880. The van der Waals surface area contributed by atoms with Crippen molar-refractivity contribution in [2.24, 2.45) is 0 Å². The summed E-state index contributed by atoms with van der Waals surface area (Å²) in [7, 11) is 1.94. The van der Waals surface area contributed by atoms with Crippen LogP contribution in [0.25, 0.3) is 0 Å². The Hall–Kier alpha value is -1.38. The SMILES string of the molecule is CNCC(CCc1cccc(Cl)c1F)c1ccccc1. The van der Waals surface area contributed by atoms with Crippen LogP contribution in [0.1, 0.15) is 23.5 Å². The lowest BCUT2D eigenvalue weighted by Crippen LogP contribution is -2.18. The largest absolute Gasteiger partial charge is 0.319 e. The maximum Gasteiger partial charge on any atom is 0.144 e. The summed E-state index contributed by atoms with van der Waals surface area (Å²) < 4.78 is 13.9. The van der Waals surface area contributed by atoms with Gasteiger partial charge in [-0.05, 0) is 43.0 Å². The lowest BCUT2D eigenvalue weighted by atomic mass is 9.92. The number of nitrogens with one attached hydrogen (secondary N) is 1. The van der Waals surface area contributed by atoms with Crippen LogP contribution in [0.5, 0.6) is 0 Å². The smallest absolute Gasteiger partial charge is 0.144 e. The van der Waals surface area contributed by atoms with Crippen molar-refractivity contribution < 1.29 is 4.39 Å². The molecule has 0 spiro atoms. The van der Waals surface area contributed by atoms with Crippen molar-refractivity contribution >= 4 is 11.6 Å². The quantitative estimate of drug-likeness (QED) is 0.831. The van der Waals surface area contributed by atoms with Gasteiger partial charge in [-0.3, -0.25) is 0 Å². The summed E-state index contributed by atoms with van der Waals surface area (Å²) in [6.45, 7) is 0.881. The number of benzene rings is 2. The number of rotatable bonds is 6. The standard InChI is InChI=1S/C17H19ClFN/c1-20-12-15(13-6-3-2-4-7-13)11-10-14-8-5-9-16(18)17(14)19/h2-9,15,20H,10-12H2,1H3. The molecule has 2 aromatic rings. The zero-order valence-corrected chi connectivity index (χ0v) is 12.3. The molecule has 0 aliphatic heterocycles. The molecule has 0 bridgehead atoms. The van der Waals surface area contributed by atoms with Gasteiger partial charge in [0.2, 0.25) is 0 Å². The molecule has 1 unspecified atom stereocenters. The molecule has 20 heavy (non-hydrogen) atoms. The number of halogens is 2. The van der Waals surface area contributed by atoms with Gasteiger partial charge in [-0.1, -0.05) is 54.1 Å². The van der Waals surface area contributed by atoms with Gasteiger partial charge in [0.25, 0.3) is 0 Å². The van der Waals surface area contributed by atoms with Gasteiger partial charge in [-0.2, -0.15) is 0 Å². The van der Waals surface area contributed by atoms with E-state index in [9.17, 15) is 4.39 Å². The van der Waals surface area contributed by atoms with E-state index in [0.29, 0.717) is 17.9 Å². The van der Waals surface area contributed by atoms with Crippen molar-refractivity contribution in [2.45, 2.75) is 18.8 Å². The van der Waals surface area contributed by atoms with Crippen LogP contribution in [0.15, 0.2) is 48.5 Å². The maximum absolute atomic E-state index is 13.9. The van der Waals surface area contributed by atoms with Crippen LogP contribution in [0, 0.1) is 5.82 Å². The van der Waals surface area contributed by atoms with Crippen LogP contribution >= 0.6 is 11.6 Å². The Morgan fingerprint density at radius 2 is 1.85 bits per heavy atom. The maximum atomic E-state index is 13.9. The van der Waals surface area contributed by atoms with Crippen LogP contribution in [-0.4, -0.2) is 13.6 Å². The minimum Gasteiger partial charge on any atom is -0.319 e. The Kier molecular flexibility index (Phi) is 5.57. The zero-order chi connectivity index (χ0) is 14.4. The van der Waals surface area contributed by atoms with Crippen molar-refractivity contribution in [3.05, 3.63) is 70.5 Å². The highest BCUT2D eigenvalue weighted by Gasteiger charge is 2.13. The highest BCUT2D eigenvalue weighted by Crippen LogP contribution is 2.24. The molecule has 1 N–H and O–H groups in total. The van der Waals surface area contributed by atoms with E-state index in [4.69, 9.17) is 11.6 Å². The first-order valence-electron chi connectivity index (χ1n) is 6.84. The molecule has 3 heteroatoms. The van der Waals surface area contributed by atoms with Crippen molar-refractivity contribution in [1.29, 1.82) is 0 Å². The summed E-state index contributed by atoms with van der Waals surface area (Å²) in [5, 5.41) is 3.41. The van der Waals surface area contributed by atoms with Crippen LogP contribution in [-0.2, 0) is 6.42 Å². The first-order chi connectivity index (χ1) is 9.72. The van der Waals surface area contributed by atoms with Crippen LogP contribution < -0.4 is 5.32 Å². The van der Waals surface area contributed by atoms with Gasteiger partial charge in [0.1, 0.15) is 5.82 Å². The predicted octanol–water partition coefficient (Wildman–Crippen LogP) is 4.41. The van der Waals surface area contributed by atoms with E-state index in [1.807, 2.05) is 31.3 Å². The Bertz CT molecular complexity index is 542. The van der Waals surface area contributed by atoms with E-state index in [1.54, 1.807) is 12.1 Å². The third kappa shape index (κ3) is 3.81. The molecule has 1 atom stereocenters. The molecule has 0 heterocycles. The fourth-order valence-electron chi connectivity index (χ4n) is 2.43. The highest BCUT2D eigenvalue weighted by atomic mass is 35.5. The Labute approximate surface area is 124 Å². The number of hydrogen-bond acceptors (Lipinski definition) is 1. The molecular weight excluding hydrogens is 273 g/mol. The second-order valence-corrected chi connectivity index (χ2v) is 5.32. The Balaban J connectivity index is 2.08. The molecule has 2 rings (SSSR count). The predicted molar refractivity (Wildman–Crippen MR) is 82.8 cm³/mol. The second-order valence-electron chi connectivity index (χ2n) is 4.92. The average molecular weight is 292 g/mol. The second kappa shape index (κ2) is 7.41. The van der Waals surface area contributed by atoms with E-state index in [0.717, 1.165) is 13.0 Å². The van der Waals surface area contributed by atoms with Gasteiger partial charge < -0.3 is 5.32 Å². The molecule has 1 nitrogen and oxygen atoms in total. The summed E-state index contributed by atoms with van der Waals surface area (Å²) >= 11 is 5.82. The van der Waals surface area contributed by atoms with E-state index in [-0.39, 0.29) is 10.8 Å². The first kappa shape index (κ1) is 15.0. The normalized spacial score (nSPS) is 12.3. The minimum atomic E-state index is -0.287. The summed E-state index contributed by atoms with van der Waals surface area (Å²) in [4.78, 5) is 0. The Morgan fingerprint density at radius 3 is 2.55 bits per heavy atom. The fourth-order valence-corrected chi connectivity index (χ4v) is 2.62. The molecule has 2 aromatic carbocycles. The van der Waals surface area contributed by atoms with Crippen molar-refractivity contribution in [1.82, 2.24) is 5.32 Å². The summed E-state index contributed by atoms with van der Waals surface area (Å²) in [6, 6.07) is 15.5. The zero-order valence-electron chi connectivity index (χ0n) is 11.6. The molecule has 0 fully saturated rings. The molecular formula is C17H19ClFN. The lowest BCUT2D eigenvalue weighted by molar-refractivity contribution is 0.561. The van der Waals surface area contributed by atoms with Gasteiger partial charge in [0.05, 0.1) is 5.02 Å². The topological polar surface area (TPSA) is 12.0 Å². The van der Waals surface area contributed by atoms with Crippen molar-refractivity contribution in [3.8, 4) is 0 Å². The molecule has 0 saturated carbocycles. The fraction of sp³-hybridized carbons (Fsp3) is 0.294. The van der Waals surface area contributed by atoms with Crippen LogP contribution in [0.4, 0.5) is 4.39 Å². The van der Waals surface area contributed by atoms with Crippen molar-refractivity contribution in [3.63, 3.8) is 0 Å². The van der Waals surface area contributed by atoms with E-state index < -0.39 is 0 Å². The minimum absolute atomic E-state index is 0.201. The molecule has 0 aliphatic carbocycles. The molecule has 0 aliphatic rings. The molecule has 0 amide bonds. The number of hydrogen-bond donors (Lipinski definition) is 1. The highest BCUT2D eigenvalue weighted by molar-refractivity contribution is 6.30. The van der Waals surface area contributed by atoms with Crippen LogP contribution in [0.3, 0.4) is 0 Å². The van der Waals surface area contributed by atoms with Crippen molar-refractivity contribution in [2.75, 3.05) is 13.6 Å². The van der Waals surface area contributed by atoms with Gasteiger partial charge in [-0.15, -0.1) is 0 Å². The first-order valence-corrected chi connectivity index (χ1v) is 7.22. The lowest BCUT2D eigenvalue weighted by Gasteiger charge is -2.17. The van der Waals surface area contributed by atoms with Gasteiger partial charge in [0.15, 0.2) is 0 Å².